The molecule has 0 bridgehead atoms. The van der Waals surface area contributed by atoms with Gasteiger partial charge in [0, 0.05) is 39.2 Å². The molecular formula is C64H53N2O2P. The highest BCUT2D eigenvalue weighted by Gasteiger charge is 2.19. The number of allylic oxidation sites excluding steroid dienone is 11. The average Bonchev–Trinajstić information content (AvgIpc) is 3.94. The van der Waals surface area contributed by atoms with Crippen LogP contribution >= 0.6 is 8.19 Å². The first kappa shape index (κ1) is 45.7. The van der Waals surface area contributed by atoms with Crippen LogP contribution < -0.4 is 11.1 Å². The highest BCUT2D eigenvalue weighted by molar-refractivity contribution is 7.36. The Hall–Kier alpha value is -8.43. The molecule has 0 aliphatic carbocycles. The van der Waals surface area contributed by atoms with Crippen molar-refractivity contribution in [3.8, 4) is 33.4 Å². The first-order valence-electron chi connectivity index (χ1n) is 23.1. The van der Waals surface area contributed by atoms with Crippen LogP contribution in [0.15, 0.2) is 229 Å². The Morgan fingerprint density at radius 1 is 0.638 bits per heavy atom. The molecule has 4 nitrogen and oxygen atoms in total. The van der Waals surface area contributed by atoms with Gasteiger partial charge in [0.1, 0.15) is 22.5 Å². The Bertz CT molecular complexity index is 3640. The molecule has 0 aliphatic rings. The summed E-state index contributed by atoms with van der Waals surface area (Å²) >= 11 is 0. The second-order valence-electron chi connectivity index (χ2n) is 16.6. The molecule has 0 unspecified atom stereocenters. The summed E-state index contributed by atoms with van der Waals surface area (Å²) in [5.74, 6) is 2.99. The van der Waals surface area contributed by atoms with E-state index in [1.54, 1.807) is 18.4 Å². The molecule has 0 aliphatic heterocycles. The van der Waals surface area contributed by atoms with Crippen LogP contribution in [0.2, 0.25) is 0 Å². The van der Waals surface area contributed by atoms with Crippen molar-refractivity contribution in [3.63, 3.8) is 0 Å². The summed E-state index contributed by atoms with van der Waals surface area (Å²) in [5, 5.41) is 8.98. The Balaban J connectivity index is 1.11. The molecule has 9 aromatic rings. The van der Waals surface area contributed by atoms with Gasteiger partial charge in [-0.1, -0.05) is 155 Å². The maximum absolute atomic E-state index is 6.41. The predicted octanol–water partition coefficient (Wildman–Crippen LogP) is 18.2. The van der Waals surface area contributed by atoms with E-state index in [1.165, 1.54) is 35.4 Å². The van der Waals surface area contributed by atoms with E-state index < -0.39 is 0 Å². The van der Waals surface area contributed by atoms with Gasteiger partial charge in [-0.3, -0.25) is 0 Å². The van der Waals surface area contributed by atoms with Gasteiger partial charge in [0.2, 0.25) is 0 Å². The highest BCUT2D eigenvalue weighted by atomic mass is 31.0. The number of rotatable bonds is 16. The lowest BCUT2D eigenvalue weighted by atomic mass is 9.85. The monoisotopic (exact) mass is 912 g/mol. The molecule has 0 saturated heterocycles. The summed E-state index contributed by atoms with van der Waals surface area (Å²) in [5.41, 5.74) is 22.9. The Morgan fingerprint density at radius 2 is 1.32 bits per heavy atom. The van der Waals surface area contributed by atoms with E-state index in [2.05, 4.69) is 159 Å². The zero-order valence-electron chi connectivity index (χ0n) is 39.0. The third-order valence-corrected chi connectivity index (χ3v) is 13.2. The summed E-state index contributed by atoms with van der Waals surface area (Å²) in [6, 6.07) is 43.3. The van der Waals surface area contributed by atoms with Crippen molar-refractivity contribution in [2.75, 3.05) is 0 Å². The normalized spacial score (nSPS) is 12.8. The molecule has 3 N–H and O–H groups in total. The van der Waals surface area contributed by atoms with E-state index in [1.807, 2.05) is 79.9 Å². The third kappa shape index (κ3) is 9.71. The second kappa shape index (κ2) is 21.0. The standard InChI is InChI=1S/C64H53N2O2P/c1-6-18-43(9-4)44-24-26-46(27-25-44)59(65)42-66-35-17-13-11-12-14-21-51-54(48-29-32-63-58(39-48)53-22-15-16-23-61(53)68-63)40-50(47-28-31-62-57(37-47)52(20-8-3)60(10-5)67-62)41-55(51)49-30-33-64-56(38-49)45(19-7-2)34-36-69-64/h6-20,22-42,66H,1,4-5,21,65H2,2-3H3/b13-11-,14-12-,19-7-,20-8-,35-17+,43-18+,59-42-. The largest absolute Gasteiger partial charge is 0.456 e. The summed E-state index contributed by atoms with van der Waals surface area (Å²) < 4.78 is 12.6. The molecule has 0 atom stereocenters. The lowest BCUT2D eigenvalue weighted by Gasteiger charge is -2.19. The number of furan rings is 2. The van der Waals surface area contributed by atoms with Crippen LogP contribution in [-0.4, -0.2) is 0 Å². The molecule has 5 heteroatoms. The molecule has 9 rings (SSSR count). The second-order valence-corrected chi connectivity index (χ2v) is 17.6. The van der Waals surface area contributed by atoms with Crippen LogP contribution in [0, 0.1) is 0 Å². The van der Waals surface area contributed by atoms with Gasteiger partial charge in [0.05, 0.1) is 5.70 Å². The fourth-order valence-corrected chi connectivity index (χ4v) is 9.81. The number of hydrogen-bond acceptors (Lipinski definition) is 4. The minimum atomic E-state index is 0.633. The molecule has 0 fully saturated rings. The van der Waals surface area contributed by atoms with Gasteiger partial charge in [0.25, 0.3) is 0 Å². The van der Waals surface area contributed by atoms with Crippen molar-refractivity contribution in [1.82, 2.24) is 5.32 Å². The van der Waals surface area contributed by atoms with E-state index >= 15 is 0 Å². The fourth-order valence-electron chi connectivity index (χ4n) is 8.92. The molecule has 0 saturated carbocycles. The van der Waals surface area contributed by atoms with Crippen molar-refractivity contribution in [1.29, 1.82) is 0 Å². The Morgan fingerprint density at radius 3 is 2.07 bits per heavy atom. The fraction of sp³-hybridized carbons (Fsp3) is 0.0469. The van der Waals surface area contributed by atoms with Crippen molar-refractivity contribution in [2.24, 2.45) is 5.73 Å². The zero-order valence-corrected chi connectivity index (χ0v) is 39.8. The molecular weight excluding hydrogens is 860 g/mol. The molecule has 0 amide bonds. The molecule has 69 heavy (non-hydrogen) atoms. The molecule has 3 heterocycles. The van der Waals surface area contributed by atoms with Gasteiger partial charge in [-0.25, -0.2) is 0 Å². The SMILES string of the molecule is C=C/C=C(\C=C)c1ccc(/C(N)=C/N/C=C/C=C\C=C/Cc2c(-c3ccc4pccc(/C=C\C)c4c3)cc(-c3ccc4oc(C=C)c(/C=C\C)c4c3)cc2-c2ccc3oc4ccccc4c3c2)cc1. The van der Waals surface area contributed by atoms with Gasteiger partial charge < -0.3 is 19.9 Å². The minimum Gasteiger partial charge on any atom is -0.456 e. The number of nitrogens with two attached hydrogens (primary N) is 1. The van der Waals surface area contributed by atoms with Crippen LogP contribution in [0.3, 0.4) is 0 Å². The molecule has 6 aromatic carbocycles. The van der Waals surface area contributed by atoms with E-state index in [9.17, 15) is 0 Å². The predicted molar refractivity (Wildman–Crippen MR) is 301 cm³/mol. The van der Waals surface area contributed by atoms with Gasteiger partial charge >= 0.3 is 0 Å². The number of benzene rings is 6. The zero-order chi connectivity index (χ0) is 47.7. The quantitative estimate of drug-likeness (QED) is 0.0948. The number of para-hydroxylation sites is 1. The van der Waals surface area contributed by atoms with E-state index in [0.29, 0.717) is 12.1 Å². The van der Waals surface area contributed by atoms with Gasteiger partial charge in [-0.15, -0.1) is 0 Å². The van der Waals surface area contributed by atoms with Crippen molar-refractivity contribution in [3.05, 3.63) is 254 Å². The van der Waals surface area contributed by atoms with Crippen molar-refractivity contribution < 1.29 is 8.83 Å². The summed E-state index contributed by atoms with van der Waals surface area (Å²) in [4.78, 5) is 0. The molecule has 3 aromatic heterocycles. The summed E-state index contributed by atoms with van der Waals surface area (Å²) in [7, 11) is 1.19. The van der Waals surface area contributed by atoms with Gasteiger partial charge in [-0.2, -0.15) is 0 Å². The van der Waals surface area contributed by atoms with Crippen LogP contribution in [-0.2, 0) is 6.42 Å². The average molecular weight is 913 g/mol. The van der Waals surface area contributed by atoms with E-state index in [4.69, 9.17) is 14.6 Å². The highest BCUT2D eigenvalue weighted by Crippen LogP contribution is 2.43. The lowest BCUT2D eigenvalue weighted by molar-refractivity contribution is 0.603. The van der Waals surface area contributed by atoms with Crippen LogP contribution in [0.5, 0.6) is 0 Å². The Labute approximate surface area is 406 Å². The van der Waals surface area contributed by atoms with Crippen molar-refractivity contribution >= 4 is 81.1 Å². The summed E-state index contributed by atoms with van der Waals surface area (Å²) in [6.45, 7) is 15.8. The minimum absolute atomic E-state index is 0.633. The van der Waals surface area contributed by atoms with Gasteiger partial charge in [-0.05, 0) is 165 Å². The number of hydrogen-bond donors (Lipinski definition) is 2. The maximum Gasteiger partial charge on any atom is 0.135 e. The topological polar surface area (TPSA) is 64.3 Å². The lowest BCUT2D eigenvalue weighted by Crippen LogP contribution is -2.02. The third-order valence-electron chi connectivity index (χ3n) is 12.3. The first-order chi connectivity index (χ1) is 33.9. The molecule has 0 radical (unpaired) electrons. The van der Waals surface area contributed by atoms with Crippen LogP contribution in [0.25, 0.3) is 106 Å². The van der Waals surface area contributed by atoms with Crippen molar-refractivity contribution in [2.45, 2.75) is 20.3 Å². The van der Waals surface area contributed by atoms with E-state index in [0.717, 1.165) is 88.7 Å². The number of fused-ring (bicyclic) bond motifs is 5. The molecule has 0 spiro atoms. The van der Waals surface area contributed by atoms with Gasteiger partial charge in [0.15, 0.2) is 0 Å². The van der Waals surface area contributed by atoms with E-state index in [-0.39, 0.29) is 0 Å². The number of nitrogens with one attached hydrogen (secondary N) is 1. The van der Waals surface area contributed by atoms with Crippen LogP contribution in [0.4, 0.5) is 0 Å². The Kier molecular flexibility index (Phi) is 13.9. The van der Waals surface area contributed by atoms with Crippen LogP contribution in [0.1, 0.15) is 47.4 Å². The molecule has 336 valence electrons. The summed E-state index contributed by atoms with van der Waals surface area (Å²) in [6.07, 6.45) is 30.5. The first-order valence-corrected chi connectivity index (χ1v) is 24.1. The smallest absolute Gasteiger partial charge is 0.135 e. The maximum atomic E-state index is 6.41.